The Morgan fingerprint density at radius 1 is 1.12 bits per heavy atom. The second kappa shape index (κ2) is 7.89. The number of methoxy groups -OCH3 is 1. The van der Waals surface area contributed by atoms with Gasteiger partial charge in [-0.15, -0.1) is 0 Å². The average molecular weight is 467 g/mol. The van der Waals surface area contributed by atoms with Crippen LogP contribution in [-0.2, 0) is 17.3 Å². The molecule has 34 heavy (non-hydrogen) atoms. The second-order valence-electron chi connectivity index (χ2n) is 11.8. The first kappa shape index (κ1) is 23.5. The first-order valence-electron chi connectivity index (χ1n) is 12.6. The summed E-state index contributed by atoms with van der Waals surface area (Å²) in [6.07, 6.45) is 1.04. The van der Waals surface area contributed by atoms with Gasteiger partial charge in [-0.1, -0.05) is 46.8 Å². The number of quaternary nitrogens is 1. The lowest BCUT2D eigenvalue weighted by molar-refractivity contribution is -0.915. The van der Waals surface area contributed by atoms with Crippen LogP contribution in [0.5, 0.6) is 17.2 Å². The number of ether oxygens (including phenoxy) is 3. The van der Waals surface area contributed by atoms with E-state index in [-0.39, 0.29) is 23.7 Å². The number of aliphatic hydroxyl groups is 1. The van der Waals surface area contributed by atoms with Crippen LogP contribution in [0.1, 0.15) is 86.6 Å². The van der Waals surface area contributed by atoms with Gasteiger partial charge < -0.3 is 24.2 Å². The molecule has 4 atom stereocenters. The van der Waals surface area contributed by atoms with E-state index in [1.165, 1.54) is 27.2 Å². The summed E-state index contributed by atoms with van der Waals surface area (Å²) >= 11 is 0. The molecule has 2 aliphatic heterocycles. The Morgan fingerprint density at radius 2 is 1.79 bits per heavy atom. The summed E-state index contributed by atoms with van der Waals surface area (Å²) in [6.45, 7) is 15.1. The minimum Gasteiger partial charge on any atom is -0.492 e. The molecular weight excluding hydrogens is 426 g/mol. The Labute approximate surface area is 204 Å². The average Bonchev–Trinajstić information content (AvgIpc) is 3.30. The number of benzene rings is 2. The van der Waals surface area contributed by atoms with Crippen molar-refractivity contribution in [3.8, 4) is 17.2 Å². The minimum absolute atomic E-state index is 0.0710. The number of hydrogen-bond donors (Lipinski definition) is 2. The van der Waals surface area contributed by atoms with Crippen molar-refractivity contribution >= 4 is 0 Å². The first-order valence-corrected chi connectivity index (χ1v) is 12.6. The van der Waals surface area contributed by atoms with Crippen LogP contribution in [0.15, 0.2) is 18.2 Å². The maximum atomic E-state index is 11.6. The summed E-state index contributed by atoms with van der Waals surface area (Å²) in [5.41, 5.74) is 7.63. The number of aliphatic hydroxyl groups excluding tert-OH is 1. The Kier molecular flexibility index (Phi) is 5.45. The molecule has 5 nitrogen and oxygen atoms in total. The predicted octanol–water partition coefficient (Wildman–Crippen LogP) is 4.17. The number of fused-ring (bicyclic) bond motifs is 3. The number of rotatable bonds is 4. The zero-order valence-corrected chi connectivity index (χ0v) is 22.0. The topological polar surface area (TPSA) is 52.4 Å². The van der Waals surface area contributed by atoms with Crippen LogP contribution in [0.2, 0.25) is 0 Å². The highest BCUT2D eigenvalue weighted by atomic mass is 16.7. The Balaban J connectivity index is 1.54. The summed E-state index contributed by atoms with van der Waals surface area (Å²) in [5.74, 6) is 2.75. The van der Waals surface area contributed by atoms with E-state index in [1.54, 1.807) is 7.11 Å². The van der Waals surface area contributed by atoms with Crippen molar-refractivity contribution in [2.45, 2.75) is 77.4 Å². The van der Waals surface area contributed by atoms with Crippen molar-refractivity contribution in [1.29, 1.82) is 0 Å². The van der Waals surface area contributed by atoms with Crippen LogP contribution in [0.4, 0.5) is 0 Å². The van der Waals surface area contributed by atoms with Gasteiger partial charge in [0.15, 0.2) is 11.5 Å². The molecule has 0 saturated carbocycles. The third-order valence-corrected chi connectivity index (χ3v) is 9.46. The molecule has 2 heterocycles. The van der Waals surface area contributed by atoms with E-state index in [0.717, 1.165) is 35.6 Å². The fourth-order valence-corrected chi connectivity index (χ4v) is 6.81. The fraction of sp³-hybridized carbons (Fsp3) is 0.586. The van der Waals surface area contributed by atoms with Gasteiger partial charge in [-0.25, -0.2) is 0 Å². The van der Waals surface area contributed by atoms with Crippen molar-refractivity contribution in [3.63, 3.8) is 0 Å². The van der Waals surface area contributed by atoms with Gasteiger partial charge in [0.05, 0.1) is 32.4 Å². The smallest absolute Gasteiger partial charge is 0.231 e. The normalized spacial score (nSPS) is 26.7. The van der Waals surface area contributed by atoms with Crippen LogP contribution >= 0.6 is 0 Å². The molecule has 2 N–H and O–H groups in total. The SMILES string of the molecule is COc1c2c(cc3c1C(CC(O)c1cc4c(cc1C)C(C)(C)C(C)C4(C)C)[NH+](C)CC3)OCO2. The Morgan fingerprint density at radius 3 is 2.47 bits per heavy atom. The van der Waals surface area contributed by atoms with E-state index in [9.17, 15) is 5.11 Å². The number of nitrogens with one attached hydrogen (secondary N) is 1. The molecule has 2 aromatic carbocycles. The van der Waals surface area contributed by atoms with Gasteiger partial charge in [0, 0.05) is 12.8 Å². The van der Waals surface area contributed by atoms with Crippen LogP contribution in [-0.4, -0.2) is 32.6 Å². The summed E-state index contributed by atoms with van der Waals surface area (Å²) in [7, 11) is 3.91. The van der Waals surface area contributed by atoms with E-state index in [1.807, 2.05) is 0 Å². The molecule has 2 aromatic rings. The molecule has 0 saturated heterocycles. The minimum atomic E-state index is -0.554. The lowest BCUT2D eigenvalue weighted by Gasteiger charge is -2.34. The van der Waals surface area contributed by atoms with Crippen molar-refractivity contribution in [2.24, 2.45) is 5.92 Å². The molecule has 0 amide bonds. The maximum Gasteiger partial charge on any atom is 0.231 e. The van der Waals surface area contributed by atoms with Gasteiger partial charge in [-0.3, -0.25) is 0 Å². The van der Waals surface area contributed by atoms with Gasteiger partial charge in [0.1, 0.15) is 6.04 Å². The molecule has 5 heteroatoms. The number of hydrogen-bond acceptors (Lipinski definition) is 4. The van der Waals surface area contributed by atoms with Gasteiger partial charge in [0.25, 0.3) is 0 Å². The maximum absolute atomic E-state index is 11.6. The highest BCUT2D eigenvalue weighted by molar-refractivity contribution is 5.61. The van der Waals surface area contributed by atoms with Crippen molar-refractivity contribution < 1.29 is 24.2 Å². The first-order chi connectivity index (χ1) is 16.0. The lowest BCUT2D eigenvalue weighted by Crippen LogP contribution is -3.10. The van der Waals surface area contributed by atoms with E-state index in [2.05, 4.69) is 66.8 Å². The van der Waals surface area contributed by atoms with Crippen LogP contribution in [0.25, 0.3) is 0 Å². The molecular formula is C29H40NO4+. The molecule has 0 fully saturated rings. The van der Waals surface area contributed by atoms with E-state index in [0.29, 0.717) is 18.1 Å². The highest BCUT2D eigenvalue weighted by Gasteiger charge is 2.49. The molecule has 5 rings (SSSR count). The standard InChI is InChI=1S/C29H39NO4/c1-16-11-20-21(29(5,6)17(2)28(20,3)4)13-19(16)23(31)14-22-25-18(9-10-30(22)7)12-24-26(27(25)32-8)34-15-33-24/h11-13,17,22-23,31H,9-10,14-15H2,1-8H3/p+1. The second-order valence-corrected chi connectivity index (χ2v) is 11.8. The van der Waals surface area contributed by atoms with Crippen LogP contribution in [0.3, 0.4) is 0 Å². The zero-order valence-electron chi connectivity index (χ0n) is 22.0. The summed E-state index contributed by atoms with van der Waals surface area (Å²) < 4.78 is 17.3. The molecule has 0 spiro atoms. The van der Waals surface area contributed by atoms with Crippen LogP contribution in [0, 0.1) is 12.8 Å². The summed E-state index contributed by atoms with van der Waals surface area (Å²) in [4.78, 5) is 1.39. The number of aryl methyl sites for hydroxylation is 1. The summed E-state index contributed by atoms with van der Waals surface area (Å²) in [5, 5.41) is 11.6. The predicted molar refractivity (Wildman–Crippen MR) is 133 cm³/mol. The molecule has 0 aromatic heterocycles. The van der Waals surface area contributed by atoms with Crippen LogP contribution < -0.4 is 19.1 Å². The number of likely N-dealkylation sites (N-methyl/N-ethyl adjacent to an activating group) is 1. The summed E-state index contributed by atoms with van der Waals surface area (Å²) in [6, 6.07) is 6.86. The molecule has 0 bridgehead atoms. The molecule has 1 aliphatic carbocycles. The van der Waals surface area contributed by atoms with Gasteiger partial charge in [0.2, 0.25) is 12.5 Å². The van der Waals surface area contributed by atoms with E-state index >= 15 is 0 Å². The largest absolute Gasteiger partial charge is 0.492 e. The van der Waals surface area contributed by atoms with Crippen molar-refractivity contribution in [3.05, 3.63) is 51.6 Å². The molecule has 4 unspecified atom stereocenters. The lowest BCUT2D eigenvalue weighted by atomic mass is 9.71. The third-order valence-electron chi connectivity index (χ3n) is 9.46. The van der Waals surface area contributed by atoms with Gasteiger partial charge in [-0.05, 0) is 57.6 Å². The zero-order chi connectivity index (χ0) is 24.6. The monoisotopic (exact) mass is 466 g/mol. The fourth-order valence-electron chi connectivity index (χ4n) is 6.81. The Bertz CT molecular complexity index is 1140. The third kappa shape index (κ3) is 3.27. The van der Waals surface area contributed by atoms with Gasteiger partial charge >= 0.3 is 0 Å². The van der Waals surface area contributed by atoms with Gasteiger partial charge in [-0.2, -0.15) is 0 Å². The molecule has 184 valence electrons. The van der Waals surface area contributed by atoms with Crippen molar-refractivity contribution in [1.82, 2.24) is 0 Å². The quantitative estimate of drug-likeness (QED) is 0.710. The van der Waals surface area contributed by atoms with E-state index in [4.69, 9.17) is 14.2 Å². The highest BCUT2D eigenvalue weighted by Crippen LogP contribution is 2.55. The molecule has 3 aliphatic rings. The molecule has 0 radical (unpaired) electrons. The Hall–Kier alpha value is -2.24. The van der Waals surface area contributed by atoms with Crippen molar-refractivity contribution in [2.75, 3.05) is 27.5 Å². The van der Waals surface area contributed by atoms with E-state index < -0.39 is 6.10 Å².